The van der Waals surface area contributed by atoms with Gasteiger partial charge in [0.15, 0.2) is 0 Å². The molecule has 81 heavy (non-hydrogen) atoms. The van der Waals surface area contributed by atoms with E-state index >= 15 is 0 Å². The number of carbonyl (C=O) groups excluding carboxylic acids is 2. The third-order valence-corrected chi connectivity index (χ3v) is 17.2. The topological polar surface area (TPSA) is 95.9 Å². The number of unbranched alkanes of at least 4 members (excludes halogenated alkanes) is 52. The van der Waals surface area contributed by atoms with Crippen LogP contribution in [-0.4, -0.2) is 47.4 Å². The third-order valence-electron chi connectivity index (χ3n) is 17.2. The maximum Gasteiger partial charge on any atom is 0.305 e. The van der Waals surface area contributed by atoms with Crippen LogP contribution in [0.25, 0.3) is 0 Å². The molecule has 0 aromatic rings. The first-order valence-electron chi connectivity index (χ1n) is 36.7. The predicted octanol–water partition coefficient (Wildman–Crippen LogP) is 23.9. The van der Waals surface area contributed by atoms with Crippen molar-refractivity contribution in [1.82, 2.24) is 5.32 Å². The Labute approximate surface area is 506 Å². The summed E-state index contributed by atoms with van der Waals surface area (Å²) in [5, 5.41) is 23.4. The van der Waals surface area contributed by atoms with E-state index in [1.807, 2.05) is 0 Å². The maximum absolute atomic E-state index is 12.6. The van der Waals surface area contributed by atoms with Crippen molar-refractivity contribution < 1.29 is 24.5 Å². The zero-order chi connectivity index (χ0) is 58.5. The van der Waals surface area contributed by atoms with Crippen molar-refractivity contribution in [2.24, 2.45) is 0 Å². The van der Waals surface area contributed by atoms with Crippen molar-refractivity contribution in [2.75, 3.05) is 13.2 Å². The van der Waals surface area contributed by atoms with E-state index in [4.69, 9.17) is 4.74 Å². The van der Waals surface area contributed by atoms with Gasteiger partial charge >= 0.3 is 5.97 Å². The van der Waals surface area contributed by atoms with E-state index in [0.29, 0.717) is 25.9 Å². The molecule has 0 fully saturated rings. The van der Waals surface area contributed by atoms with Crippen molar-refractivity contribution in [3.8, 4) is 0 Å². The lowest BCUT2D eigenvalue weighted by molar-refractivity contribution is -0.143. The number of allylic oxidation sites excluding steroid dienone is 6. The van der Waals surface area contributed by atoms with Crippen LogP contribution in [0.1, 0.15) is 406 Å². The lowest BCUT2D eigenvalue weighted by Crippen LogP contribution is -2.45. The van der Waals surface area contributed by atoms with Gasteiger partial charge in [0.1, 0.15) is 0 Å². The molecule has 2 atom stereocenters. The van der Waals surface area contributed by atoms with Crippen LogP contribution in [0.3, 0.4) is 0 Å². The number of aliphatic hydroxyl groups excluding tert-OH is 2. The average molecular weight is 1140 g/mol. The molecule has 0 heterocycles. The number of aliphatic hydroxyl groups is 2. The molecular formula is C75H143NO5. The smallest absolute Gasteiger partial charge is 0.305 e. The second-order valence-electron chi connectivity index (χ2n) is 25.3. The number of nitrogens with one attached hydrogen (secondary N) is 1. The Hall–Kier alpha value is -1.92. The summed E-state index contributed by atoms with van der Waals surface area (Å²) in [6.45, 7) is 4.98. The Bertz CT molecular complexity index is 1310. The summed E-state index contributed by atoms with van der Waals surface area (Å²) in [6.07, 6.45) is 90.5. The highest BCUT2D eigenvalue weighted by Gasteiger charge is 2.20. The second kappa shape index (κ2) is 70.6. The Morgan fingerprint density at radius 2 is 0.617 bits per heavy atom. The van der Waals surface area contributed by atoms with E-state index in [2.05, 4.69) is 55.6 Å². The maximum atomic E-state index is 12.6. The van der Waals surface area contributed by atoms with Crippen molar-refractivity contribution >= 4 is 11.9 Å². The fourth-order valence-corrected chi connectivity index (χ4v) is 11.6. The molecule has 0 aliphatic rings. The first-order valence-corrected chi connectivity index (χ1v) is 36.7. The van der Waals surface area contributed by atoms with E-state index < -0.39 is 12.1 Å². The molecule has 0 bridgehead atoms. The number of hydrogen-bond donors (Lipinski definition) is 3. The van der Waals surface area contributed by atoms with Crippen LogP contribution in [0.2, 0.25) is 0 Å². The zero-order valence-electron chi connectivity index (χ0n) is 54.8. The van der Waals surface area contributed by atoms with Gasteiger partial charge in [0.2, 0.25) is 5.91 Å². The molecule has 0 saturated heterocycles. The molecule has 0 aromatic heterocycles. The van der Waals surface area contributed by atoms with Crippen LogP contribution < -0.4 is 5.32 Å². The van der Waals surface area contributed by atoms with Gasteiger partial charge in [-0.1, -0.05) is 346 Å². The number of hydrogen-bond acceptors (Lipinski definition) is 5. The van der Waals surface area contributed by atoms with Gasteiger partial charge in [0.05, 0.1) is 25.4 Å². The van der Waals surface area contributed by atoms with Crippen LogP contribution in [0.5, 0.6) is 0 Å². The molecule has 0 aliphatic carbocycles. The lowest BCUT2D eigenvalue weighted by atomic mass is 10.0. The molecule has 0 spiro atoms. The molecular weight excluding hydrogens is 995 g/mol. The SMILES string of the molecule is CCCCCCCC/C=C\CCCCCCCCCC(=O)OCCCCCCCCCCC/C=C\C/C=C\CCCCCCCCCCCC(=O)NC(CO)C(O)CCCCCCCCCCCCCCCCCCCCCCCC. The van der Waals surface area contributed by atoms with Gasteiger partial charge in [-0.05, 0) is 83.5 Å². The molecule has 0 saturated carbocycles. The van der Waals surface area contributed by atoms with Crippen LogP contribution in [0.4, 0.5) is 0 Å². The summed E-state index contributed by atoms with van der Waals surface area (Å²) < 4.78 is 5.50. The normalized spacial score (nSPS) is 12.7. The minimum absolute atomic E-state index is 0.00643. The van der Waals surface area contributed by atoms with Crippen molar-refractivity contribution in [2.45, 2.75) is 418 Å². The van der Waals surface area contributed by atoms with Crippen LogP contribution >= 0.6 is 0 Å². The molecule has 2 unspecified atom stereocenters. The van der Waals surface area contributed by atoms with E-state index in [9.17, 15) is 19.8 Å². The summed E-state index contributed by atoms with van der Waals surface area (Å²) in [5.74, 6) is -0.0306. The highest BCUT2D eigenvalue weighted by atomic mass is 16.5. The quantitative estimate of drug-likeness (QED) is 0.0320. The van der Waals surface area contributed by atoms with Gasteiger partial charge in [-0.25, -0.2) is 0 Å². The molecule has 3 N–H and O–H groups in total. The third kappa shape index (κ3) is 67.1. The lowest BCUT2D eigenvalue weighted by Gasteiger charge is -2.22. The number of amides is 1. The Morgan fingerprint density at radius 1 is 0.346 bits per heavy atom. The molecule has 6 nitrogen and oxygen atoms in total. The molecule has 0 radical (unpaired) electrons. The number of esters is 1. The summed E-state index contributed by atoms with van der Waals surface area (Å²) in [5.41, 5.74) is 0. The van der Waals surface area contributed by atoms with Crippen LogP contribution in [-0.2, 0) is 14.3 Å². The predicted molar refractivity (Wildman–Crippen MR) is 356 cm³/mol. The molecule has 0 aliphatic heterocycles. The second-order valence-corrected chi connectivity index (χ2v) is 25.3. The number of rotatable bonds is 69. The van der Waals surface area contributed by atoms with Gasteiger partial charge in [0.25, 0.3) is 0 Å². The molecule has 1 amide bonds. The number of ether oxygens (including phenoxy) is 1. The summed E-state index contributed by atoms with van der Waals surface area (Å²) in [7, 11) is 0. The summed E-state index contributed by atoms with van der Waals surface area (Å²) in [6, 6.07) is -0.548. The minimum atomic E-state index is -0.670. The van der Waals surface area contributed by atoms with Gasteiger partial charge in [-0.2, -0.15) is 0 Å². The van der Waals surface area contributed by atoms with E-state index in [1.54, 1.807) is 0 Å². The van der Waals surface area contributed by atoms with Crippen molar-refractivity contribution in [3.63, 3.8) is 0 Å². The monoisotopic (exact) mass is 1140 g/mol. The van der Waals surface area contributed by atoms with Gasteiger partial charge in [-0.3, -0.25) is 9.59 Å². The van der Waals surface area contributed by atoms with E-state index in [0.717, 1.165) is 51.4 Å². The van der Waals surface area contributed by atoms with Gasteiger partial charge < -0.3 is 20.3 Å². The van der Waals surface area contributed by atoms with Crippen LogP contribution in [0.15, 0.2) is 36.5 Å². The average Bonchev–Trinajstić information content (AvgIpc) is 3.47. The fraction of sp³-hybridized carbons (Fsp3) is 0.893. The molecule has 6 heteroatoms. The zero-order valence-corrected chi connectivity index (χ0v) is 54.8. The first-order chi connectivity index (χ1) is 40.0. The Kier molecular flexibility index (Phi) is 68.9. The van der Waals surface area contributed by atoms with Gasteiger partial charge in [-0.15, -0.1) is 0 Å². The fourth-order valence-electron chi connectivity index (χ4n) is 11.6. The molecule has 478 valence electrons. The van der Waals surface area contributed by atoms with E-state index in [-0.39, 0.29) is 18.5 Å². The highest BCUT2D eigenvalue weighted by molar-refractivity contribution is 5.76. The first kappa shape index (κ1) is 79.1. The van der Waals surface area contributed by atoms with Crippen molar-refractivity contribution in [3.05, 3.63) is 36.5 Å². The van der Waals surface area contributed by atoms with Crippen molar-refractivity contribution in [1.29, 1.82) is 0 Å². The molecule has 0 rings (SSSR count). The largest absolute Gasteiger partial charge is 0.466 e. The minimum Gasteiger partial charge on any atom is -0.466 e. The Morgan fingerprint density at radius 3 is 0.951 bits per heavy atom. The van der Waals surface area contributed by atoms with E-state index in [1.165, 1.54) is 321 Å². The molecule has 0 aromatic carbocycles. The Balaban J connectivity index is 3.42. The van der Waals surface area contributed by atoms with Crippen LogP contribution in [0, 0.1) is 0 Å². The highest BCUT2D eigenvalue weighted by Crippen LogP contribution is 2.19. The summed E-state index contributed by atoms with van der Waals surface area (Å²) >= 11 is 0. The standard InChI is InChI=1S/C75H143NO5/c1-3-5-7-9-11-13-15-17-19-21-22-23-29-32-36-39-43-47-51-55-59-63-67-73(78)72(71-77)76-74(79)68-64-60-56-52-48-44-40-37-33-30-27-25-24-26-28-31-34-38-42-46-50-54-58-62-66-70-81-75(80)69-65-61-57-53-49-45-41-35-20-18-16-14-12-10-8-6-4-2/h18,20,25-28,72-73,77-78H,3-17,19,21-24,29-71H2,1-2H3,(H,76,79)/b20-18-,27-25-,28-26-. The summed E-state index contributed by atoms with van der Waals surface area (Å²) in [4.78, 5) is 24.6. The number of carbonyl (C=O) groups is 2. The van der Waals surface area contributed by atoms with Gasteiger partial charge in [0, 0.05) is 12.8 Å².